The molecule has 1 fully saturated rings. The van der Waals surface area contributed by atoms with Crippen molar-refractivity contribution in [1.82, 2.24) is 0 Å². The SMILES string of the molecule is CC(C)(C)OC(=O)Nc1ccc(CC2(CN)CC2)c(O)c1. The van der Waals surface area contributed by atoms with E-state index in [1.807, 2.05) is 6.07 Å². The smallest absolute Gasteiger partial charge is 0.412 e. The number of aromatic hydroxyl groups is 1. The fourth-order valence-corrected chi connectivity index (χ4v) is 2.25. The molecule has 5 nitrogen and oxygen atoms in total. The van der Waals surface area contributed by atoms with Gasteiger partial charge in [-0.05, 0) is 63.6 Å². The third-order valence-electron chi connectivity index (χ3n) is 3.69. The minimum Gasteiger partial charge on any atom is -0.508 e. The van der Waals surface area contributed by atoms with Crippen LogP contribution in [-0.2, 0) is 11.2 Å². The lowest BCUT2D eigenvalue weighted by Crippen LogP contribution is -2.27. The molecule has 1 aliphatic carbocycles. The number of rotatable bonds is 4. The molecule has 0 atom stereocenters. The molecule has 2 rings (SSSR count). The number of anilines is 1. The number of carbonyl (C=O) groups excluding carboxylic acids is 1. The summed E-state index contributed by atoms with van der Waals surface area (Å²) in [5.74, 6) is 0.184. The number of hydrogen-bond acceptors (Lipinski definition) is 4. The average molecular weight is 292 g/mol. The van der Waals surface area contributed by atoms with E-state index in [2.05, 4.69) is 5.32 Å². The molecule has 1 aromatic rings. The molecule has 4 N–H and O–H groups in total. The topological polar surface area (TPSA) is 84.6 Å². The van der Waals surface area contributed by atoms with E-state index in [-0.39, 0.29) is 11.2 Å². The van der Waals surface area contributed by atoms with E-state index < -0.39 is 11.7 Å². The lowest BCUT2D eigenvalue weighted by molar-refractivity contribution is 0.0636. The summed E-state index contributed by atoms with van der Waals surface area (Å²) >= 11 is 0. The number of nitrogens with two attached hydrogens (primary N) is 1. The van der Waals surface area contributed by atoms with E-state index in [0.29, 0.717) is 12.2 Å². The van der Waals surface area contributed by atoms with E-state index >= 15 is 0 Å². The van der Waals surface area contributed by atoms with Crippen LogP contribution >= 0.6 is 0 Å². The molecule has 1 amide bonds. The Labute approximate surface area is 125 Å². The summed E-state index contributed by atoms with van der Waals surface area (Å²) in [5.41, 5.74) is 6.77. The first kappa shape index (κ1) is 15.6. The maximum atomic E-state index is 11.7. The Kier molecular flexibility index (Phi) is 4.14. The molecule has 116 valence electrons. The van der Waals surface area contributed by atoms with Gasteiger partial charge in [-0.15, -0.1) is 0 Å². The molecule has 1 saturated carbocycles. The van der Waals surface area contributed by atoms with Crippen molar-refractivity contribution in [2.24, 2.45) is 11.1 Å². The Morgan fingerprint density at radius 2 is 2.10 bits per heavy atom. The number of phenolic OH excluding ortho intramolecular Hbond substituents is 1. The summed E-state index contributed by atoms with van der Waals surface area (Å²) in [7, 11) is 0. The molecule has 1 aromatic carbocycles. The highest BCUT2D eigenvalue weighted by Gasteiger charge is 2.41. The average Bonchev–Trinajstić information content (AvgIpc) is 3.11. The highest BCUT2D eigenvalue weighted by Crippen LogP contribution is 2.48. The molecule has 1 aliphatic rings. The third-order valence-corrected chi connectivity index (χ3v) is 3.69. The summed E-state index contributed by atoms with van der Waals surface area (Å²) in [6, 6.07) is 5.15. The number of amides is 1. The largest absolute Gasteiger partial charge is 0.508 e. The van der Waals surface area contributed by atoms with E-state index in [9.17, 15) is 9.90 Å². The maximum absolute atomic E-state index is 11.7. The first-order valence-electron chi connectivity index (χ1n) is 7.25. The second-order valence-electron chi connectivity index (χ2n) is 6.85. The normalized spacial score (nSPS) is 16.4. The van der Waals surface area contributed by atoms with Gasteiger partial charge in [0.2, 0.25) is 0 Å². The van der Waals surface area contributed by atoms with E-state index in [0.717, 1.165) is 24.8 Å². The van der Waals surface area contributed by atoms with E-state index in [4.69, 9.17) is 10.5 Å². The fourth-order valence-electron chi connectivity index (χ4n) is 2.25. The van der Waals surface area contributed by atoms with Gasteiger partial charge in [0.1, 0.15) is 11.4 Å². The van der Waals surface area contributed by atoms with Crippen molar-refractivity contribution >= 4 is 11.8 Å². The molecular formula is C16H24N2O3. The number of carbonyl (C=O) groups is 1. The zero-order valence-electron chi connectivity index (χ0n) is 12.9. The Bertz CT molecular complexity index is 531. The van der Waals surface area contributed by atoms with Crippen LogP contribution in [0.1, 0.15) is 39.2 Å². The first-order chi connectivity index (χ1) is 9.73. The molecule has 0 unspecified atom stereocenters. The van der Waals surface area contributed by atoms with Crippen molar-refractivity contribution in [3.8, 4) is 5.75 Å². The second kappa shape index (κ2) is 5.56. The zero-order valence-corrected chi connectivity index (χ0v) is 12.9. The standard InChI is InChI=1S/C16H24N2O3/c1-15(2,3)21-14(20)18-12-5-4-11(13(19)8-12)9-16(10-17)6-7-16/h4-5,8,19H,6-7,9-10,17H2,1-3H3,(H,18,20). The lowest BCUT2D eigenvalue weighted by atomic mass is 9.96. The van der Waals surface area contributed by atoms with Gasteiger partial charge in [-0.1, -0.05) is 6.07 Å². The lowest BCUT2D eigenvalue weighted by Gasteiger charge is -2.20. The quantitative estimate of drug-likeness (QED) is 0.796. The number of ether oxygens (including phenoxy) is 1. The Morgan fingerprint density at radius 1 is 1.43 bits per heavy atom. The van der Waals surface area contributed by atoms with Gasteiger partial charge in [-0.2, -0.15) is 0 Å². The molecule has 0 radical (unpaired) electrons. The minimum absolute atomic E-state index is 0.164. The van der Waals surface area contributed by atoms with Crippen LogP contribution in [0.5, 0.6) is 5.75 Å². The Hall–Kier alpha value is -1.75. The van der Waals surface area contributed by atoms with Gasteiger partial charge in [0.15, 0.2) is 0 Å². The van der Waals surface area contributed by atoms with Crippen molar-refractivity contribution in [1.29, 1.82) is 0 Å². The highest BCUT2D eigenvalue weighted by molar-refractivity contribution is 5.85. The van der Waals surface area contributed by atoms with Crippen LogP contribution < -0.4 is 11.1 Å². The number of phenols is 1. The monoisotopic (exact) mass is 292 g/mol. The van der Waals surface area contributed by atoms with Gasteiger partial charge < -0.3 is 15.6 Å². The fraction of sp³-hybridized carbons (Fsp3) is 0.562. The van der Waals surface area contributed by atoms with Gasteiger partial charge in [0.05, 0.1) is 0 Å². The van der Waals surface area contributed by atoms with Crippen molar-refractivity contribution in [2.45, 2.75) is 45.6 Å². The summed E-state index contributed by atoms with van der Waals surface area (Å²) in [6.45, 7) is 6.05. The molecular weight excluding hydrogens is 268 g/mol. The molecule has 0 spiro atoms. The van der Waals surface area contributed by atoms with Crippen LogP contribution in [-0.4, -0.2) is 23.3 Å². The first-order valence-corrected chi connectivity index (χ1v) is 7.25. The molecule has 0 aliphatic heterocycles. The zero-order chi connectivity index (χ0) is 15.7. The summed E-state index contributed by atoms with van der Waals surface area (Å²) < 4.78 is 5.17. The van der Waals surface area contributed by atoms with Crippen LogP contribution in [0.15, 0.2) is 18.2 Å². The summed E-state index contributed by atoms with van der Waals surface area (Å²) in [5, 5.41) is 12.7. The van der Waals surface area contributed by atoms with Crippen molar-refractivity contribution < 1.29 is 14.6 Å². The van der Waals surface area contributed by atoms with Gasteiger partial charge in [-0.3, -0.25) is 5.32 Å². The van der Waals surface area contributed by atoms with Gasteiger partial charge >= 0.3 is 6.09 Å². The maximum Gasteiger partial charge on any atom is 0.412 e. The van der Waals surface area contributed by atoms with E-state index in [1.54, 1.807) is 32.9 Å². The van der Waals surface area contributed by atoms with Crippen molar-refractivity contribution in [2.75, 3.05) is 11.9 Å². The third kappa shape index (κ3) is 4.36. The van der Waals surface area contributed by atoms with Gasteiger partial charge in [0, 0.05) is 11.8 Å². The predicted molar refractivity (Wildman–Crippen MR) is 82.4 cm³/mol. The van der Waals surface area contributed by atoms with Crippen LogP contribution in [0, 0.1) is 5.41 Å². The second-order valence-corrected chi connectivity index (χ2v) is 6.85. The van der Waals surface area contributed by atoms with E-state index in [1.165, 1.54) is 0 Å². The molecule has 21 heavy (non-hydrogen) atoms. The molecule has 0 aromatic heterocycles. The van der Waals surface area contributed by atoms with Crippen molar-refractivity contribution in [3.05, 3.63) is 23.8 Å². The van der Waals surface area contributed by atoms with Crippen LogP contribution in [0.2, 0.25) is 0 Å². The number of benzene rings is 1. The van der Waals surface area contributed by atoms with Crippen LogP contribution in [0.25, 0.3) is 0 Å². The molecule has 0 heterocycles. The van der Waals surface area contributed by atoms with Crippen LogP contribution in [0.4, 0.5) is 10.5 Å². The van der Waals surface area contributed by atoms with Gasteiger partial charge in [0.25, 0.3) is 0 Å². The molecule has 0 saturated heterocycles. The Morgan fingerprint density at radius 3 is 2.57 bits per heavy atom. The highest BCUT2D eigenvalue weighted by atomic mass is 16.6. The number of hydrogen-bond donors (Lipinski definition) is 3. The number of nitrogens with one attached hydrogen (secondary N) is 1. The van der Waals surface area contributed by atoms with Crippen molar-refractivity contribution in [3.63, 3.8) is 0 Å². The van der Waals surface area contributed by atoms with Crippen LogP contribution in [0.3, 0.4) is 0 Å². The Balaban J connectivity index is 2.00. The van der Waals surface area contributed by atoms with Gasteiger partial charge in [-0.25, -0.2) is 4.79 Å². The minimum atomic E-state index is -0.550. The molecule has 5 heteroatoms. The summed E-state index contributed by atoms with van der Waals surface area (Å²) in [6.07, 6.45) is 2.47. The molecule has 0 bridgehead atoms. The predicted octanol–water partition coefficient (Wildman–Crippen LogP) is 3.02. The summed E-state index contributed by atoms with van der Waals surface area (Å²) in [4.78, 5) is 11.7.